The zero-order valence-corrected chi connectivity index (χ0v) is 12.2. The summed E-state index contributed by atoms with van der Waals surface area (Å²) >= 11 is 0. The molecule has 20 heavy (non-hydrogen) atoms. The molecular formula is C14H21N5O. The van der Waals surface area contributed by atoms with Crippen LogP contribution in [0.25, 0.3) is 0 Å². The van der Waals surface area contributed by atoms with Crippen LogP contribution in [-0.2, 0) is 6.54 Å². The highest BCUT2D eigenvalue weighted by Gasteiger charge is 2.16. The maximum Gasteiger partial charge on any atom is 0.318 e. The molecule has 6 heteroatoms. The third kappa shape index (κ3) is 3.54. The molecular weight excluding hydrogens is 254 g/mol. The van der Waals surface area contributed by atoms with Crippen molar-refractivity contribution in [3.63, 3.8) is 0 Å². The topological polar surface area (TPSA) is 67.1 Å². The van der Waals surface area contributed by atoms with Crippen molar-refractivity contribution in [2.24, 2.45) is 0 Å². The molecule has 0 spiro atoms. The van der Waals surface area contributed by atoms with Crippen LogP contribution in [0.4, 0.5) is 6.01 Å². The molecule has 2 aromatic heterocycles. The number of anilines is 1. The molecule has 0 saturated heterocycles. The van der Waals surface area contributed by atoms with Gasteiger partial charge in [-0.25, -0.2) is 0 Å². The van der Waals surface area contributed by atoms with Gasteiger partial charge in [0.1, 0.15) is 0 Å². The highest BCUT2D eigenvalue weighted by Crippen LogP contribution is 2.18. The number of hydrogen-bond donors (Lipinski definition) is 1. The van der Waals surface area contributed by atoms with Crippen LogP contribution in [0.1, 0.15) is 38.3 Å². The Kier molecular flexibility index (Phi) is 5.06. The molecule has 0 saturated carbocycles. The molecule has 108 valence electrons. The molecule has 1 atom stereocenters. The van der Waals surface area contributed by atoms with Crippen LogP contribution in [0, 0.1) is 0 Å². The molecule has 0 aromatic carbocycles. The number of rotatable bonds is 7. The first-order chi connectivity index (χ1) is 9.74. The molecule has 0 amide bonds. The second-order valence-electron chi connectivity index (χ2n) is 4.57. The maximum absolute atomic E-state index is 5.75. The Morgan fingerprint density at radius 1 is 1.25 bits per heavy atom. The minimum absolute atomic E-state index is 0.0703. The van der Waals surface area contributed by atoms with Crippen LogP contribution in [-0.4, -0.2) is 28.3 Å². The second kappa shape index (κ2) is 7.00. The van der Waals surface area contributed by atoms with Crippen molar-refractivity contribution in [1.82, 2.24) is 20.5 Å². The predicted molar refractivity (Wildman–Crippen MR) is 77.4 cm³/mol. The van der Waals surface area contributed by atoms with Crippen LogP contribution < -0.4 is 10.2 Å². The van der Waals surface area contributed by atoms with Gasteiger partial charge in [0.25, 0.3) is 0 Å². The van der Waals surface area contributed by atoms with Gasteiger partial charge in [0.05, 0.1) is 6.04 Å². The molecule has 0 radical (unpaired) electrons. The molecule has 2 aromatic rings. The quantitative estimate of drug-likeness (QED) is 0.835. The van der Waals surface area contributed by atoms with Gasteiger partial charge in [-0.15, -0.1) is 5.10 Å². The summed E-state index contributed by atoms with van der Waals surface area (Å²) in [4.78, 5) is 6.07. The Morgan fingerprint density at radius 3 is 2.65 bits per heavy atom. The van der Waals surface area contributed by atoms with E-state index in [2.05, 4.69) is 34.3 Å². The Balaban J connectivity index is 2.08. The van der Waals surface area contributed by atoms with Crippen LogP contribution in [0.15, 0.2) is 28.9 Å². The highest BCUT2D eigenvalue weighted by molar-refractivity contribution is 5.27. The van der Waals surface area contributed by atoms with Crippen LogP contribution >= 0.6 is 0 Å². The van der Waals surface area contributed by atoms with Crippen molar-refractivity contribution in [2.45, 2.75) is 33.4 Å². The molecule has 6 nitrogen and oxygen atoms in total. The number of nitrogens with one attached hydrogen (secondary N) is 1. The number of pyridine rings is 1. The van der Waals surface area contributed by atoms with Gasteiger partial charge in [0.2, 0.25) is 5.89 Å². The first kappa shape index (κ1) is 14.5. The normalized spacial score (nSPS) is 12.3. The van der Waals surface area contributed by atoms with Crippen molar-refractivity contribution in [3.8, 4) is 0 Å². The van der Waals surface area contributed by atoms with E-state index in [1.807, 2.05) is 24.0 Å². The Morgan fingerprint density at radius 2 is 2.00 bits per heavy atom. The second-order valence-corrected chi connectivity index (χ2v) is 4.57. The summed E-state index contributed by atoms with van der Waals surface area (Å²) in [5.74, 6) is 0.620. The fraction of sp³-hybridized carbons (Fsp3) is 0.500. The monoisotopic (exact) mass is 275 g/mol. The van der Waals surface area contributed by atoms with Crippen molar-refractivity contribution in [2.75, 3.05) is 18.0 Å². The summed E-state index contributed by atoms with van der Waals surface area (Å²) in [5.41, 5.74) is 1.17. The lowest BCUT2D eigenvalue weighted by molar-refractivity contribution is 0.419. The van der Waals surface area contributed by atoms with E-state index < -0.39 is 0 Å². The molecule has 2 rings (SSSR count). The first-order valence-corrected chi connectivity index (χ1v) is 6.95. The lowest BCUT2D eigenvalue weighted by atomic mass is 10.2. The van der Waals surface area contributed by atoms with E-state index in [0.29, 0.717) is 11.9 Å². The number of aromatic nitrogens is 3. The Hall–Kier alpha value is -1.95. The molecule has 1 N–H and O–H groups in total. The van der Waals surface area contributed by atoms with Gasteiger partial charge in [-0.05, 0) is 38.1 Å². The minimum Gasteiger partial charge on any atom is -0.406 e. The smallest absolute Gasteiger partial charge is 0.318 e. The van der Waals surface area contributed by atoms with Gasteiger partial charge in [0, 0.05) is 25.5 Å². The van der Waals surface area contributed by atoms with Crippen LogP contribution in [0.2, 0.25) is 0 Å². The summed E-state index contributed by atoms with van der Waals surface area (Å²) in [7, 11) is 0. The summed E-state index contributed by atoms with van der Waals surface area (Å²) in [6, 6.07) is 4.60. The lowest BCUT2D eigenvalue weighted by Crippen LogP contribution is -2.22. The molecule has 0 aliphatic carbocycles. The van der Waals surface area contributed by atoms with E-state index in [0.717, 1.165) is 19.6 Å². The number of hydrogen-bond acceptors (Lipinski definition) is 6. The molecule has 0 aliphatic heterocycles. The summed E-state index contributed by atoms with van der Waals surface area (Å²) < 4.78 is 5.75. The predicted octanol–water partition coefficient (Wildman–Crippen LogP) is 2.16. The van der Waals surface area contributed by atoms with Gasteiger partial charge in [0.15, 0.2) is 0 Å². The zero-order valence-electron chi connectivity index (χ0n) is 12.2. The Bertz CT molecular complexity index is 513. The van der Waals surface area contributed by atoms with Crippen molar-refractivity contribution in [3.05, 3.63) is 36.0 Å². The maximum atomic E-state index is 5.75. The fourth-order valence-electron chi connectivity index (χ4n) is 1.95. The van der Waals surface area contributed by atoms with Gasteiger partial charge in [-0.2, -0.15) is 0 Å². The highest BCUT2D eigenvalue weighted by atomic mass is 16.4. The van der Waals surface area contributed by atoms with E-state index in [1.165, 1.54) is 5.56 Å². The van der Waals surface area contributed by atoms with E-state index in [-0.39, 0.29) is 6.04 Å². The summed E-state index contributed by atoms with van der Waals surface area (Å²) in [5, 5.41) is 11.5. The van der Waals surface area contributed by atoms with Gasteiger partial charge in [-0.1, -0.05) is 12.0 Å². The summed E-state index contributed by atoms with van der Waals surface area (Å²) in [6.45, 7) is 8.54. The standard InChI is InChI=1S/C14H21N5O/c1-4-16-11(3)13-17-18-14(20-13)19(5-2)10-12-6-8-15-9-7-12/h6-9,11,16H,4-5,10H2,1-3H3. The van der Waals surface area contributed by atoms with Gasteiger partial charge < -0.3 is 14.6 Å². The lowest BCUT2D eigenvalue weighted by Gasteiger charge is -2.17. The molecule has 1 unspecified atom stereocenters. The molecule has 0 aliphatic rings. The zero-order chi connectivity index (χ0) is 14.4. The minimum atomic E-state index is 0.0703. The average Bonchev–Trinajstić information content (AvgIpc) is 2.96. The Labute approximate surface area is 119 Å². The fourth-order valence-corrected chi connectivity index (χ4v) is 1.95. The van der Waals surface area contributed by atoms with Crippen molar-refractivity contribution >= 4 is 6.01 Å². The summed E-state index contributed by atoms with van der Waals surface area (Å²) in [6.07, 6.45) is 3.57. The van der Waals surface area contributed by atoms with E-state index >= 15 is 0 Å². The molecule has 0 fully saturated rings. The number of nitrogens with zero attached hydrogens (tertiary/aromatic N) is 4. The average molecular weight is 275 g/mol. The van der Waals surface area contributed by atoms with Crippen molar-refractivity contribution < 1.29 is 4.42 Å². The molecule has 2 heterocycles. The largest absolute Gasteiger partial charge is 0.406 e. The SMILES string of the molecule is CCNC(C)c1nnc(N(CC)Cc2ccncc2)o1. The van der Waals surface area contributed by atoms with Gasteiger partial charge in [-0.3, -0.25) is 4.98 Å². The van der Waals surface area contributed by atoms with E-state index in [9.17, 15) is 0 Å². The van der Waals surface area contributed by atoms with Crippen LogP contribution in [0.5, 0.6) is 0 Å². The van der Waals surface area contributed by atoms with Crippen molar-refractivity contribution in [1.29, 1.82) is 0 Å². The third-order valence-corrected chi connectivity index (χ3v) is 3.09. The van der Waals surface area contributed by atoms with E-state index in [4.69, 9.17) is 4.42 Å². The molecule has 0 bridgehead atoms. The van der Waals surface area contributed by atoms with Crippen LogP contribution in [0.3, 0.4) is 0 Å². The third-order valence-electron chi connectivity index (χ3n) is 3.09. The van der Waals surface area contributed by atoms with E-state index in [1.54, 1.807) is 12.4 Å². The van der Waals surface area contributed by atoms with Gasteiger partial charge >= 0.3 is 6.01 Å². The first-order valence-electron chi connectivity index (χ1n) is 6.95.